The number of carbonyl (C=O) groups is 1. The fraction of sp³-hybridized carbons (Fsp3) is 0.176. The zero-order valence-electron chi connectivity index (χ0n) is 12.6. The van der Waals surface area contributed by atoms with Crippen LogP contribution in [-0.4, -0.2) is 45.0 Å². The van der Waals surface area contributed by atoms with Crippen LogP contribution in [0.3, 0.4) is 0 Å². The van der Waals surface area contributed by atoms with Crippen molar-refractivity contribution < 1.29 is 9.53 Å². The molecule has 2 aromatic heterocycles. The van der Waals surface area contributed by atoms with E-state index in [0.29, 0.717) is 35.2 Å². The molecule has 0 unspecified atom stereocenters. The predicted molar refractivity (Wildman–Crippen MR) is 89.1 cm³/mol. The molecule has 120 valence electrons. The van der Waals surface area contributed by atoms with Crippen molar-refractivity contribution in [2.24, 2.45) is 0 Å². The second kappa shape index (κ2) is 6.05. The number of pyridine rings is 1. The van der Waals surface area contributed by atoms with Crippen molar-refractivity contribution in [1.29, 1.82) is 0 Å². The van der Waals surface area contributed by atoms with Crippen molar-refractivity contribution in [3.63, 3.8) is 0 Å². The average Bonchev–Trinajstić information content (AvgIpc) is 2.58. The minimum Gasteiger partial charge on any atom is -0.470 e. The molecule has 0 N–H and O–H groups in total. The van der Waals surface area contributed by atoms with Crippen LogP contribution in [-0.2, 0) is 0 Å². The number of aromatic nitrogens is 3. The highest BCUT2D eigenvalue weighted by molar-refractivity contribution is 6.31. The third kappa shape index (κ3) is 2.76. The third-order valence-corrected chi connectivity index (χ3v) is 4.09. The third-order valence-electron chi connectivity index (χ3n) is 3.81. The standard InChI is InChI=1S/C17H13ClN4O2/c18-12-4-3-7-19-16(12)24-11-9-22(10-11)17(23)15-8-20-13-5-1-2-6-14(13)21-15/h1-8,11H,9-10H2. The molecular formula is C17H13ClN4O2. The lowest BCUT2D eigenvalue weighted by molar-refractivity contribution is 0.0156. The Morgan fingerprint density at radius 1 is 1.12 bits per heavy atom. The summed E-state index contributed by atoms with van der Waals surface area (Å²) in [6.45, 7) is 0.945. The molecule has 0 radical (unpaired) electrons. The summed E-state index contributed by atoms with van der Waals surface area (Å²) < 4.78 is 5.69. The summed E-state index contributed by atoms with van der Waals surface area (Å²) >= 11 is 6.01. The highest BCUT2D eigenvalue weighted by atomic mass is 35.5. The molecule has 0 bridgehead atoms. The van der Waals surface area contributed by atoms with E-state index in [1.54, 1.807) is 23.2 Å². The summed E-state index contributed by atoms with van der Waals surface area (Å²) in [5, 5.41) is 0.461. The normalized spacial score (nSPS) is 14.5. The number of hydrogen-bond donors (Lipinski definition) is 0. The number of hydrogen-bond acceptors (Lipinski definition) is 5. The van der Waals surface area contributed by atoms with Crippen molar-refractivity contribution in [2.75, 3.05) is 13.1 Å². The van der Waals surface area contributed by atoms with Gasteiger partial charge >= 0.3 is 0 Å². The molecule has 0 spiro atoms. The maximum atomic E-state index is 12.5. The van der Waals surface area contributed by atoms with Crippen LogP contribution in [0.25, 0.3) is 11.0 Å². The van der Waals surface area contributed by atoms with E-state index >= 15 is 0 Å². The summed E-state index contributed by atoms with van der Waals surface area (Å²) in [5.74, 6) is 0.238. The predicted octanol–water partition coefficient (Wildman–Crippen LogP) is 2.58. The topological polar surface area (TPSA) is 68.2 Å². The van der Waals surface area contributed by atoms with Gasteiger partial charge < -0.3 is 9.64 Å². The SMILES string of the molecule is O=C(c1cnc2ccccc2n1)N1CC(Oc2ncccc2Cl)C1. The Balaban J connectivity index is 1.42. The quantitative estimate of drug-likeness (QED) is 0.733. The van der Waals surface area contributed by atoms with Gasteiger partial charge in [-0.25, -0.2) is 9.97 Å². The highest BCUT2D eigenvalue weighted by Gasteiger charge is 2.34. The van der Waals surface area contributed by atoms with Crippen LogP contribution in [0.5, 0.6) is 5.88 Å². The van der Waals surface area contributed by atoms with E-state index in [4.69, 9.17) is 16.3 Å². The number of halogens is 1. The Morgan fingerprint density at radius 3 is 2.71 bits per heavy atom. The Kier molecular flexibility index (Phi) is 3.74. The zero-order valence-corrected chi connectivity index (χ0v) is 13.3. The number of likely N-dealkylation sites (tertiary alicyclic amines) is 1. The number of ether oxygens (including phenoxy) is 1. The minimum absolute atomic E-state index is 0.116. The average molecular weight is 341 g/mol. The van der Waals surface area contributed by atoms with Crippen LogP contribution in [0.15, 0.2) is 48.8 Å². The molecule has 24 heavy (non-hydrogen) atoms. The van der Waals surface area contributed by atoms with Gasteiger partial charge in [-0.15, -0.1) is 0 Å². The van der Waals surface area contributed by atoms with Gasteiger partial charge in [0.25, 0.3) is 5.91 Å². The second-order valence-corrected chi connectivity index (χ2v) is 5.89. The molecule has 7 heteroatoms. The van der Waals surface area contributed by atoms with Crippen molar-refractivity contribution in [3.8, 4) is 5.88 Å². The molecule has 6 nitrogen and oxygen atoms in total. The molecule has 1 fully saturated rings. The first-order valence-corrected chi connectivity index (χ1v) is 7.87. The molecule has 1 saturated heterocycles. The Hall–Kier alpha value is -2.73. The van der Waals surface area contributed by atoms with Crippen LogP contribution < -0.4 is 4.74 Å². The zero-order chi connectivity index (χ0) is 16.5. The number of rotatable bonds is 3. The van der Waals surface area contributed by atoms with Crippen LogP contribution in [0, 0.1) is 0 Å². The van der Waals surface area contributed by atoms with Gasteiger partial charge in [0.2, 0.25) is 5.88 Å². The smallest absolute Gasteiger partial charge is 0.274 e. The number of nitrogens with zero attached hydrogens (tertiary/aromatic N) is 4. The monoisotopic (exact) mass is 340 g/mol. The summed E-state index contributed by atoms with van der Waals surface area (Å²) in [6, 6.07) is 10.9. The highest BCUT2D eigenvalue weighted by Crippen LogP contribution is 2.24. The molecule has 1 amide bonds. The largest absolute Gasteiger partial charge is 0.470 e. The first-order valence-electron chi connectivity index (χ1n) is 7.49. The lowest BCUT2D eigenvalue weighted by atomic mass is 10.1. The van der Waals surface area contributed by atoms with E-state index in [1.165, 1.54) is 6.20 Å². The van der Waals surface area contributed by atoms with Gasteiger partial charge in [-0.05, 0) is 24.3 Å². The van der Waals surface area contributed by atoms with Gasteiger partial charge in [-0.3, -0.25) is 9.78 Å². The number of benzene rings is 1. The van der Waals surface area contributed by atoms with Gasteiger partial charge in [0.1, 0.15) is 16.8 Å². The van der Waals surface area contributed by atoms with E-state index in [9.17, 15) is 4.79 Å². The number of carbonyl (C=O) groups excluding carboxylic acids is 1. The molecule has 3 heterocycles. The summed E-state index contributed by atoms with van der Waals surface area (Å²) in [7, 11) is 0. The van der Waals surface area contributed by atoms with Crippen LogP contribution >= 0.6 is 11.6 Å². The molecule has 4 rings (SSSR count). The minimum atomic E-state index is -0.153. The fourth-order valence-electron chi connectivity index (χ4n) is 2.52. The molecular weight excluding hydrogens is 328 g/mol. The van der Waals surface area contributed by atoms with Crippen molar-refractivity contribution in [2.45, 2.75) is 6.10 Å². The lowest BCUT2D eigenvalue weighted by Gasteiger charge is -2.38. The van der Waals surface area contributed by atoms with E-state index in [1.807, 2.05) is 24.3 Å². The van der Waals surface area contributed by atoms with Gasteiger partial charge in [0.05, 0.1) is 30.3 Å². The molecule has 1 aliphatic heterocycles. The van der Waals surface area contributed by atoms with Crippen molar-refractivity contribution in [1.82, 2.24) is 19.9 Å². The molecule has 1 aromatic carbocycles. The van der Waals surface area contributed by atoms with Crippen molar-refractivity contribution >= 4 is 28.5 Å². The Labute approximate surface area is 143 Å². The van der Waals surface area contributed by atoms with Crippen LogP contribution in [0.4, 0.5) is 0 Å². The number of para-hydroxylation sites is 2. The number of amides is 1. The molecule has 1 aliphatic rings. The van der Waals surface area contributed by atoms with E-state index in [-0.39, 0.29) is 12.0 Å². The Bertz CT molecular complexity index is 912. The summed E-state index contributed by atoms with van der Waals surface area (Å²) in [6.07, 6.45) is 3.01. The van der Waals surface area contributed by atoms with E-state index < -0.39 is 0 Å². The molecule has 0 atom stereocenters. The molecule has 0 aliphatic carbocycles. The van der Waals surface area contributed by atoms with Gasteiger partial charge in [0, 0.05) is 6.20 Å². The van der Waals surface area contributed by atoms with E-state index in [0.717, 1.165) is 5.52 Å². The first kappa shape index (κ1) is 14.8. The lowest BCUT2D eigenvalue weighted by Crippen LogP contribution is -2.56. The maximum Gasteiger partial charge on any atom is 0.274 e. The maximum absolute atomic E-state index is 12.5. The Morgan fingerprint density at radius 2 is 1.92 bits per heavy atom. The first-order chi connectivity index (χ1) is 11.7. The van der Waals surface area contributed by atoms with Gasteiger partial charge in [-0.1, -0.05) is 23.7 Å². The van der Waals surface area contributed by atoms with Crippen molar-refractivity contribution in [3.05, 3.63) is 59.5 Å². The molecule has 3 aromatic rings. The summed E-state index contributed by atoms with van der Waals surface area (Å²) in [4.78, 5) is 26.9. The van der Waals surface area contributed by atoms with Gasteiger partial charge in [-0.2, -0.15) is 0 Å². The molecule has 0 saturated carbocycles. The van der Waals surface area contributed by atoms with Gasteiger partial charge in [0.15, 0.2) is 0 Å². The summed E-state index contributed by atoms with van der Waals surface area (Å²) in [5.41, 5.74) is 1.81. The van der Waals surface area contributed by atoms with Crippen LogP contribution in [0.1, 0.15) is 10.5 Å². The fourth-order valence-corrected chi connectivity index (χ4v) is 2.68. The van der Waals surface area contributed by atoms with Crippen LogP contribution in [0.2, 0.25) is 5.02 Å². The van der Waals surface area contributed by atoms with E-state index in [2.05, 4.69) is 15.0 Å². The second-order valence-electron chi connectivity index (χ2n) is 5.48. The number of fused-ring (bicyclic) bond motifs is 1.